The molecule has 8 heteroatoms. The van der Waals surface area contributed by atoms with Crippen LogP contribution in [-0.2, 0) is 9.59 Å². The molecule has 2 N–H and O–H groups in total. The van der Waals surface area contributed by atoms with E-state index in [2.05, 4.69) is 27.3 Å². The molecule has 1 unspecified atom stereocenters. The number of fused-ring (bicyclic) bond motifs is 1. The van der Waals surface area contributed by atoms with Crippen LogP contribution in [0.25, 0.3) is 10.9 Å². The van der Waals surface area contributed by atoms with Gasteiger partial charge in [-0.15, -0.1) is 0 Å². The van der Waals surface area contributed by atoms with Crippen molar-refractivity contribution in [3.05, 3.63) is 58.8 Å². The monoisotopic (exact) mass is 393 g/mol. The summed E-state index contributed by atoms with van der Waals surface area (Å²) in [6.45, 7) is 5.68. The first-order valence-electron chi connectivity index (χ1n) is 9.40. The zero-order valence-corrected chi connectivity index (χ0v) is 16.2. The number of allylic oxidation sites excluding steroid dienone is 2. The highest BCUT2D eigenvalue weighted by atomic mass is 16.2. The standard InChI is InChI=1S/C21H23N5O3/c1-14-24-16-9-7-8-15(23-13-6-4-3-5-12-22-2)19(16)21(29)26(14)17-10-11-18(27)25-20(17)28/h3-5,7-9,12,17,23H,2,6,10-11,13H2,1H3,(H,25,27,28)/b4-3-,12-5-. The number of aromatic nitrogens is 2. The minimum Gasteiger partial charge on any atom is -0.384 e. The molecule has 1 aromatic carbocycles. The highest BCUT2D eigenvalue weighted by Crippen LogP contribution is 2.23. The molecule has 1 saturated heterocycles. The van der Waals surface area contributed by atoms with Crippen molar-refractivity contribution in [1.29, 1.82) is 0 Å². The van der Waals surface area contributed by atoms with Gasteiger partial charge in [0, 0.05) is 24.9 Å². The highest BCUT2D eigenvalue weighted by Gasteiger charge is 2.30. The second-order valence-electron chi connectivity index (χ2n) is 6.67. The molecule has 2 heterocycles. The molecule has 1 aromatic heterocycles. The lowest BCUT2D eigenvalue weighted by Crippen LogP contribution is -2.45. The molecular weight excluding hydrogens is 370 g/mol. The zero-order chi connectivity index (χ0) is 20.8. The first-order chi connectivity index (χ1) is 14.0. The number of amides is 2. The van der Waals surface area contributed by atoms with Crippen LogP contribution in [0, 0.1) is 6.92 Å². The summed E-state index contributed by atoms with van der Waals surface area (Å²) in [6, 6.07) is 4.69. The Kier molecular flexibility index (Phi) is 6.33. The lowest BCUT2D eigenvalue weighted by molar-refractivity contribution is -0.135. The van der Waals surface area contributed by atoms with Crippen molar-refractivity contribution in [3.63, 3.8) is 0 Å². The van der Waals surface area contributed by atoms with Gasteiger partial charge in [0.2, 0.25) is 11.8 Å². The Balaban J connectivity index is 1.90. The second kappa shape index (κ2) is 9.09. The number of benzene rings is 1. The van der Waals surface area contributed by atoms with Gasteiger partial charge in [0.05, 0.1) is 10.9 Å². The van der Waals surface area contributed by atoms with Gasteiger partial charge in [-0.2, -0.15) is 0 Å². The summed E-state index contributed by atoms with van der Waals surface area (Å²) in [7, 11) is 0. The maximum Gasteiger partial charge on any atom is 0.264 e. The van der Waals surface area contributed by atoms with E-state index < -0.39 is 11.9 Å². The van der Waals surface area contributed by atoms with Crippen molar-refractivity contribution in [2.75, 3.05) is 11.9 Å². The molecule has 0 saturated carbocycles. The van der Waals surface area contributed by atoms with Crippen molar-refractivity contribution < 1.29 is 9.59 Å². The maximum absolute atomic E-state index is 13.3. The number of aliphatic imine (C=N–C) groups is 1. The fraction of sp³-hybridized carbons (Fsp3) is 0.286. The predicted molar refractivity (Wildman–Crippen MR) is 113 cm³/mol. The van der Waals surface area contributed by atoms with E-state index in [-0.39, 0.29) is 24.3 Å². The molecule has 2 aromatic rings. The van der Waals surface area contributed by atoms with E-state index in [0.29, 0.717) is 29.0 Å². The average molecular weight is 393 g/mol. The van der Waals surface area contributed by atoms with Crippen LogP contribution in [0.2, 0.25) is 0 Å². The number of nitrogens with one attached hydrogen (secondary N) is 2. The summed E-state index contributed by atoms with van der Waals surface area (Å²) in [5.41, 5.74) is 0.940. The van der Waals surface area contributed by atoms with E-state index in [0.717, 1.165) is 6.42 Å². The molecule has 0 radical (unpaired) electrons. The fourth-order valence-corrected chi connectivity index (χ4v) is 3.37. The van der Waals surface area contributed by atoms with Gasteiger partial charge >= 0.3 is 0 Å². The van der Waals surface area contributed by atoms with Crippen molar-refractivity contribution >= 4 is 35.1 Å². The third-order valence-electron chi connectivity index (χ3n) is 4.69. The summed E-state index contributed by atoms with van der Waals surface area (Å²) in [6.07, 6.45) is 8.47. The van der Waals surface area contributed by atoms with Crippen molar-refractivity contribution in [2.24, 2.45) is 4.99 Å². The van der Waals surface area contributed by atoms with Crippen LogP contribution < -0.4 is 16.2 Å². The van der Waals surface area contributed by atoms with Gasteiger partial charge in [-0.3, -0.25) is 29.3 Å². The molecule has 150 valence electrons. The van der Waals surface area contributed by atoms with Crippen molar-refractivity contribution in [2.45, 2.75) is 32.2 Å². The van der Waals surface area contributed by atoms with E-state index in [1.165, 1.54) is 4.57 Å². The number of aryl methyl sites for hydroxylation is 1. The van der Waals surface area contributed by atoms with Crippen LogP contribution >= 0.6 is 0 Å². The van der Waals surface area contributed by atoms with Crippen molar-refractivity contribution in [1.82, 2.24) is 14.9 Å². The van der Waals surface area contributed by atoms with Crippen LogP contribution in [0.3, 0.4) is 0 Å². The quantitative estimate of drug-likeness (QED) is 0.325. The largest absolute Gasteiger partial charge is 0.384 e. The Morgan fingerprint density at radius 2 is 2.17 bits per heavy atom. The number of rotatable bonds is 7. The van der Waals surface area contributed by atoms with Crippen LogP contribution in [0.1, 0.15) is 31.1 Å². The molecule has 0 bridgehead atoms. The van der Waals surface area contributed by atoms with Gasteiger partial charge in [0.15, 0.2) is 0 Å². The summed E-state index contributed by atoms with van der Waals surface area (Å²) >= 11 is 0. The first-order valence-corrected chi connectivity index (χ1v) is 9.40. The normalized spacial score (nSPS) is 17.2. The number of imide groups is 1. The summed E-state index contributed by atoms with van der Waals surface area (Å²) in [4.78, 5) is 45.2. The van der Waals surface area contributed by atoms with Gasteiger partial charge in [0.25, 0.3) is 5.56 Å². The lowest BCUT2D eigenvalue weighted by Gasteiger charge is -2.24. The van der Waals surface area contributed by atoms with Gasteiger partial charge in [-0.1, -0.05) is 18.2 Å². The number of anilines is 1. The number of hydrogen-bond donors (Lipinski definition) is 2. The second-order valence-corrected chi connectivity index (χ2v) is 6.67. The Morgan fingerprint density at radius 1 is 1.34 bits per heavy atom. The predicted octanol–water partition coefficient (Wildman–Crippen LogP) is 2.26. The van der Waals surface area contributed by atoms with Crippen LogP contribution in [-0.4, -0.2) is 34.6 Å². The van der Waals surface area contributed by atoms with E-state index in [1.54, 1.807) is 25.3 Å². The number of carbonyl (C=O) groups is 2. The maximum atomic E-state index is 13.3. The molecular formula is C21H23N5O3. The lowest BCUT2D eigenvalue weighted by atomic mass is 10.1. The van der Waals surface area contributed by atoms with Gasteiger partial charge in [0.1, 0.15) is 11.9 Å². The van der Waals surface area contributed by atoms with Gasteiger partial charge in [-0.05, 0) is 44.7 Å². The van der Waals surface area contributed by atoms with Crippen LogP contribution in [0.4, 0.5) is 5.69 Å². The van der Waals surface area contributed by atoms with Gasteiger partial charge < -0.3 is 5.32 Å². The molecule has 0 aliphatic carbocycles. The minimum atomic E-state index is -0.738. The van der Waals surface area contributed by atoms with E-state index in [4.69, 9.17) is 0 Å². The van der Waals surface area contributed by atoms with Crippen LogP contribution in [0.15, 0.2) is 52.4 Å². The Morgan fingerprint density at radius 3 is 2.93 bits per heavy atom. The number of nitrogens with zero attached hydrogens (tertiary/aromatic N) is 3. The molecule has 29 heavy (non-hydrogen) atoms. The van der Waals surface area contributed by atoms with E-state index >= 15 is 0 Å². The average Bonchev–Trinajstić information content (AvgIpc) is 2.68. The molecule has 2 amide bonds. The molecule has 1 aliphatic heterocycles. The van der Waals surface area contributed by atoms with Crippen LogP contribution in [0.5, 0.6) is 0 Å². The molecule has 8 nitrogen and oxygen atoms in total. The number of carbonyl (C=O) groups excluding carboxylic acids is 2. The zero-order valence-electron chi connectivity index (χ0n) is 16.2. The Bertz CT molecular complexity index is 1070. The third-order valence-corrected chi connectivity index (χ3v) is 4.69. The molecule has 3 rings (SSSR count). The Labute approximate surface area is 168 Å². The highest BCUT2D eigenvalue weighted by molar-refractivity contribution is 5.99. The van der Waals surface area contributed by atoms with E-state index in [1.807, 2.05) is 24.3 Å². The summed E-state index contributed by atoms with van der Waals surface area (Å²) < 4.78 is 1.39. The number of piperidine rings is 1. The third kappa shape index (κ3) is 4.48. The smallest absolute Gasteiger partial charge is 0.264 e. The molecule has 1 fully saturated rings. The summed E-state index contributed by atoms with van der Waals surface area (Å²) in [5, 5.41) is 6.00. The molecule has 1 aliphatic rings. The molecule has 1 atom stereocenters. The van der Waals surface area contributed by atoms with Crippen molar-refractivity contribution in [3.8, 4) is 0 Å². The van der Waals surface area contributed by atoms with E-state index in [9.17, 15) is 14.4 Å². The first kappa shape index (κ1) is 20.2. The molecule has 0 spiro atoms. The minimum absolute atomic E-state index is 0.197. The summed E-state index contributed by atoms with van der Waals surface area (Å²) in [5.74, 6) is -0.343. The SMILES string of the molecule is C=N/C=C\C=C/CCNc1cccc2nc(C)n(C3CCC(=O)NC3=O)c(=O)c12. The fourth-order valence-electron chi connectivity index (χ4n) is 3.37. The topological polar surface area (TPSA) is 105 Å². The Hall–Kier alpha value is -3.55. The number of hydrogen-bond acceptors (Lipinski definition) is 6. The van der Waals surface area contributed by atoms with Gasteiger partial charge in [-0.25, -0.2) is 4.98 Å².